The first-order chi connectivity index (χ1) is 23.2. The highest BCUT2D eigenvalue weighted by molar-refractivity contribution is 6.16. The molecule has 4 aliphatic carbocycles. The molecule has 0 aromatic carbocycles. The van der Waals surface area contributed by atoms with Crippen molar-refractivity contribution in [3.8, 4) is 44.8 Å². The summed E-state index contributed by atoms with van der Waals surface area (Å²) in [6.45, 7) is 7.29. The van der Waals surface area contributed by atoms with Crippen LogP contribution in [0.1, 0.15) is 69.1 Å². The number of pyridine rings is 1. The summed E-state index contributed by atoms with van der Waals surface area (Å²) in [4.78, 5) is 56.5. The van der Waals surface area contributed by atoms with Crippen LogP contribution < -0.4 is 11.5 Å². The lowest BCUT2D eigenvalue weighted by Gasteiger charge is -2.04. The van der Waals surface area contributed by atoms with E-state index >= 15 is 0 Å². The van der Waals surface area contributed by atoms with E-state index in [1.54, 1.807) is 76.2 Å². The van der Waals surface area contributed by atoms with Crippen LogP contribution in [0.2, 0.25) is 0 Å². The molecule has 0 saturated carbocycles. The molecule has 0 fully saturated rings. The molecule has 11 nitrogen and oxygen atoms in total. The van der Waals surface area contributed by atoms with E-state index in [4.69, 9.17) is 35.4 Å². The molecule has 246 valence electrons. The zero-order valence-electron chi connectivity index (χ0n) is 27.0. The summed E-state index contributed by atoms with van der Waals surface area (Å²) in [6, 6.07) is 19.5. The normalized spacial score (nSPS) is 10.9. The van der Waals surface area contributed by atoms with Gasteiger partial charge in [-0.05, 0) is 62.1 Å². The highest BCUT2D eigenvalue weighted by Gasteiger charge is 2.32. The van der Waals surface area contributed by atoms with Crippen LogP contribution >= 0.6 is 0 Å². The van der Waals surface area contributed by atoms with Gasteiger partial charge in [0.05, 0.1) is 71.4 Å². The summed E-state index contributed by atoms with van der Waals surface area (Å²) in [7, 11) is 0. The van der Waals surface area contributed by atoms with E-state index in [2.05, 4.69) is 0 Å². The van der Waals surface area contributed by atoms with E-state index in [0.717, 1.165) is 0 Å². The summed E-state index contributed by atoms with van der Waals surface area (Å²) in [5.74, 6) is -2.56. The van der Waals surface area contributed by atoms with Gasteiger partial charge in [-0.25, -0.2) is 24.2 Å². The highest BCUT2D eigenvalue weighted by Crippen LogP contribution is 2.42. The van der Waals surface area contributed by atoms with Crippen LogP contribution in [0, 0.1) is 0 Å². The van der Waals surface area contributed by atoms with Gasteiger partial charge in [0.25, 0.3) is 0 Å². The van der Waals surface area contributed by atoms with E-state index < -0.39 is 23.9 Å². The summed E-state index contributed by atoms with van der Waals surface area (Å²) < 4.78 is 21.0. The number of fused-ring (bicyclic) bond motifs is 2. The van der Waals surface area contributed by atoms with Gasteiger partial charge in [-0.1, -0.05) is 54.6 Å². The number of carbonyl (C=O) groups is 4. The number of nitrogens with zero attached hydrogens (tertiary/aromatic N) is 1. The largest absolute Gasteiger partial charge is 0.462 e. The van der Waals surface area contributed by atoms with E-state index in [1.165, 1.54) is 0 Å². The lowest BCUT2D eigenvalue weighted by atomic mass is 10.1. The molecule has 4 N–H and O–H groups in total. The SMILES string of the molecule is CCOC(=O)c1c2ccc(-c3cccc(-c4ccc5c(C(=O)OCC)c(N)c(C(=O)OCC)c-5cc4)n3)ccc-2c(C(=O)OCC)c1N. The average Bonchev–Trinajstić information content (AvgIpc) is 3.26. The van der Waals surface area contributed by atoms with Crippen molar-refractivity contribution in [1.29, 1.82) is 0 Å². The van der Waals surface area contributed by atoms with Crippen LogP contribution in [0.3, 0.4) is 0 Å². The lowest BCUT2D eigenvalue weighted by molar-refractivity contribution is 0.0513. The van der Waals surface area contributed by atoms with Crippen LogP contribution in [-0.2, 0) is 18.9 Å². The number of carbonyl (C=O) groups excluding carboxylic acids is 4. The second-order valence-electron chi connectivity index (χ2n) is 10.5. The molecule has 0 amide bonds. The molecule has 4 aliphatic rings. The third-order valence-corrected chi connectivity index (χ3v) is 7.71. The van der Waals surface area contributed by atoms with Crippen molar-refractivity contribution in [1.82, 2.24) is 4.98 Å². The Bertz CT molecular complexity index is 1740. The molecule has 0 radical (unpaired) electrons. The van der Waals surface area contributed by atoms with Gasteiger partial charge >= 0.3 is 23.9 Å². The van der Waals surface area contributed by atoms with Gasteiger partial charge in [-0.2, -0.15) is 0 Å². The van der Waals surface area contributed by atoms with Crippen molar-refractivity contribution in [2.75, 3.05) is 37.9 Å². The molecule has 5 rings (SSSR count). The third kappa shape index (κ3) is 6.09. The Balaban J connectivity index is 1.62. The molecule has 1 aromatic rings. The minimum atomic E-state index is -0.640. The van der Waals surface area contributed by atoms with Crippen molar-refractivity contribution in [2.24, 2.45) is 0 Å². The second-order valence-corrected chi connectivity index (χ2v) is 10.5. The van der Waals surface area contributed by atoms with Crippen molar-refractivity contribution >= 4 is 35.3 Å². The maximum Gasteiger partial charge on any atom is 0.340 e. The number of nitrogens with two attached hydrogens (primary N) is 2. The molecule has 0 bridgehead atoms. The predicted molar refractivity (Wildman–Crippen MR) is 181 cm³/mol. The van der Waals surface area contributed by atoms with Gasteiger partial charge in [0.1, 0.15) is 0 Å². The van der Waals surface area contributed by atoms with Crippen LogP contribution in [0.4, 0.5) is 11.4 Å². The molecule has 0 atom stereocenters. The Labute approximate surface area is 277 Å². The Hall–Kier alpha value is -5.97. The van der Waals surface area contributed by atoms with Gasteiger partial charge in [-0.15, -0.1) is 0 Å². The Morgan fingerprint density at radius 3 is 1.00 bits per heavy atom. The number of aromatic nitrogens is 1. The summed E-state index contributed by atoms with van der Waals surface area (Å²) >= 11 is 0. The van der Waals surface area contributed by atoms with E-state index in [9.17, 15) is 19.2 Å². The van der Waals surface area contributed by atoms with E-state index in [-0.39, 0.29) is 60.1 Å². The molecule has 1 aromatic heterocycles. The molecular weight excluding hydrogens is 614 g/mol. The Morgan fingerprint density at radius 2 is 0.750 bits per heavy atom. The molecule has 11 heteroatoms. The number of hydrogen-bond acceptors (Lipinski definition) is 11. The van der Waals surface area contributed by atoms with Gasteiger partial charge in [-0.3, -0.25) is 0 Å². The van der Waals surface area contributed by atoms with E-state index in [0.29, 0.717) is 44.8 Å². The maximum atomic E-state index is 12.9. The van der Waals surface area contributed by atoms with Crippen molar-refractivity contribution < 1.29 is 38.1 Å². The van der Waals surface area contributed by atoms with Crippen LogP contribution in [0.5, 0.6) is 0 Å². The van der Waals surface area contributed by atoms with Crippen LogP contribution in [-0.4, -0.2) is 55.3 Å². The molecular formula is C37H35N3O8. The van der Waals surface area contributed by atoms with Gasteiger partial charge in [0, 0.05) is 11.1 Å². The first-order valence-electron chi connectivity index (χ1n) is 15.5. The van der Waals surface area contributed by atoms with Crippen molar-refractivity contribution in [3.63, 3.8) is 0 Å². The molecule has 1 heterocycles. The van der Waals surface area contributed by atoms with Crippen molar-refractivity contribution in [3.05, 3.63) is 89.0 Å². The minimum Gasteiger partial charge on any atom is -0.462 e. The molecule has 0 aliphatic heterocycles. The molecule has 0 unspecified atom stereocenters. The number of hydrogen-bond donors (Lipinski definition) is 2. The van der Waals surface area contributed by atoms with E-state index in [1.807, 2.05) is 18.2 Å². The number of esters is 4. The average molecular weight is 650 g/mol. The van der Waals surface area contributed by atoms with Crippen molar-refractivity contribution in [2.45, 2.75) is 27.7 Å². The second kappa shape index (κ2) is 14.2. The van der Waals surface area contributed by atoms with Crippen LogP contribution in [0.15, 0.2) is 66.7 Å². The fraction of sp³-hybridized carbons (Fsp3) is 0.216. The zero-order valence-corrected chi connectivity index (χ0v) is 27.0. The molecule has 0 spiro atoms. The standard InChI is InChI=1S/C37H35N3O8/c1-5-45-34(41)28-22-16-12-20(13-17-23(22)29(32(28)38)35(42)46-6-2)26-10-9-11-27(40-26)21-14-18-24-25(19-15-21)31(37(44)48-8-4)33(39)30(24)36(43)47-7-3/h9-19H,5-8,38-39H2,1-4H3. The van der Waals surface area contributed by atoms with Gasteiger partial charge < -0.3 is 30.4 Å². The number of nitrogen functional groups attached to an aromatic ring is 2. The summed E-state index contributed by atoms with van der Waals surface area (Å²) in [5.41, 5.74) is 17.4. The number of ether oxygens (including phenoxy) is 4. The van der Waals surface area contributed by atoms with Crippen LogP contribution in [0.25, 0.3) is 44.8 Å². The minimum absolute atomic E-state index is 0.00434. The smallest absolute Gasteiger partial charge is 0.340 e. The summed E-state index contributed by atoms with van der Waals surface area (Å²) in [6.07, 6.45) is 0. The maximum absolute atomic E-state index is 12.9. The first kappa shape index (κ1) is 33.4. The number of anilines is 2. The molecule has 0 saturated heterocycles. The van der Waals surface area contributed by atoms with Gasteiger partial charge in [0.15, 0.2) is 0 Å². The van der Waals surface area contributed by atoms with Gasteiger partial charge in [0.2, 0.25) is 0 Å². The fourth-order valence-corrected chi connectivity index (χ4v) is 5.66. The number of rotatable bonds is 10. The topological polar surface area (TPSA) is 170 Å². The highest BCUT2D eigenvalue weighted by atomic mass is 16.5. The zero-order chi connectivity index (χ0) is 34.5. The Morgan fingerprint density at radius 1 is 0.479 bits per heavy atom. The Kier molecular flexibility index (Phi) is 9.88. The third-order valence-electron chi connectivity index (χ3n) is 7.71. The monoisotopic (exact) mass is 649 g/mol. The molecule has 48 heavy (non-hydrogen) atoms. The fourth-order valence-electron chi connectivity index (χ4n) is 5.66. The first-order valence-corrected chi connectivity index (χ1v) is 15.5. The quantitative estimate of drug-likeness (QED) is 0.125. The predicted octanol–water partition coefficient (Wildman–Crippen LogP) is 6.50. The lowest BCUT2D eigenvalue weighted by Crippen LogP contribution is -2.09. The summed E-state index contributed by atoms with van der Waals surface area (Å²) in [5, 5.41) is 0.